The van der Waals surface area contributed by atoms with Crippen molar-refractivity contribution in [3.05, 3.63) is 33.9 Å². The molecule has 0 amide bonds. The Morgan fingerprint density at radius 1 is 1.52 bits per heavy atom. The topological polar surface area (TPSA) is 78.6 Å². The van der Waals surface area contributed by atoms with E-state index in [9.17, 15) is 15.2 Å². The van der Waals surface area contributed by atoms with E-state index in [1.165, 1.54) is 0 Å². The summed E-state index contributed by atoms with van der Waals surface area (Å²) in [6.07, 6.45) is 1.66. The first kappa shape index (κ1) is 15.7. The number of aliphatic hydroxyl groups is 1. The van der Waals surface area contributed by atoms with Crippen LogP contribution in [0, 0.1) is 10.1 Å². The predicted molar refractivity (Wildman–Crippen MR) is 82.4 cm³/mol. The summed E-state index contributed by atoms with van der Waals surface area (Å²) >= 11 is 0. The molecule has 0 aliphatic carbocycles. The van der Waals surface area contributed by atoms with Crippen LogP contribution in [0.1, 0.15) is 32.3 Å². The maximum absolute atomic E-state index is 11.2. The van der Waals surface area contributed by atoms with Crippen molar-refractivity contribution < 1.29 is 10.0 Å². The summed E-state index contributed by atoms with van der Waals surface area (Å²) in [6, 6.07) is 5.32. The average molecular weight is 293 g/mol. The van der Waals surface area contributed by atoms with Crippen molar-refractivity contribution >= 4 is 11.4 Å². The molecule has 1 aromatic rings. The molecule has 0 bridgehead atoms. The Morgan fingerprint density at radius 3 is 2.86 bits per heavy atom. The third kappa shape index (κ3) is 4.15. The molecule has 1 aliphatic rings. The van der Waals surface area contributed by atoms with Crippen LogP contribution in [0.25, 0.3) is 0 Å². The van der Waals surface area contributed by atoms with E-state index < -0.39 is 5.60 Å². The first-order valence-electron chi connectivity index (χ1n) is 7.37. The van der Waals surface area contributed by atoms with Crippen LogP contribution < -0.4 is 5.32 Å². The van der Waals surface area contributed by atoms with Gasteiger partial charge in [0.1, 0.15) is 5.69 Å². The maximum Gasteiger partial charge on any atom is 0.292 e. The molecule has 1 saturated heterocycles. The standard InChI is InChI=1S/C15H23N3O3/c1-3-7-16-13-5-4-12(9-14(13)18(20)21)10-17-8-6-15(2,19)11-17/h4-5,9,16,19H,3,6-8,10-11H2,1-2H3. The third-order valence-corrected chi connectivity index (χ3v) is 3.76. The lowest BCUT2D eigenvalue weighted by molar-refractivity contribution is -0.384. The predicted octanol–water partition coefficient (Wildman–Crippen LogP) is 2.37. The molecule has 2 N–H and O–H groups in total. The van der Waals surface area contributed by atoms with E-state index in [0.29, 0.717) is 18.8 Å². The Balaban J connectivity index is 2.11. The van der Waals surface area contributed by atoms with Gasteiger partial charge in [0, 0.05) is 32.2 Å². The number of benzene rings is 1. The Labute approximate surface area is 124 Å². The molecule has 1 heterocycles. The highest BCUT2D eigenvalue weighted by molar-refractivity contribution is 5.62. The van der Waals surface area contributed by atoms with Crippen molar-refractivity contribution in [1.29, 1.82) is 0 Å². The number of hydrogen-bond acceptors (Lipinski definition) is 5. The van der Waals surface area contributed by atoms with Gasteiger partial charge in [-0.05, 0) is 31.4 Å². The first-order valence-corrected chi connectivity index (χ1v) is 7.37. The molecule has 0 radical (unpaired) electrons. The van der Waals surface area contributed by atoms with Crippen LogP contribution in [0.15, 0.2) is 18.2 Å². The number of nitrogens with zero attached hydrogens (tertiary/aromatic N) is 2. The van der Waals surface area contributed by atoms with Crippen LogP contribution in [0.2, 0.25) is 0 Å². The van der Waals surface area contributed by atoms with Gasteiger partial charge in [-0.15, -0.1) is 0 Å². The minimum Gasteiger partial charge on any atom is -0.389 e. The molecule has 0 aromatic heterocycles. The largest absolute Gasteiger partial charge is 0.389 e. The molecule has 6 nitrogen and oxygen atoms in total. The van der Waals surface area contributed by atoms with Gasteiger partial charge >= 0.3 is 0 Å². The van der Waals surface area contributed by atoms with Gasteiger partial charge in [-0.2, -0.15) is 0 Å². The van der Waals surface area contributed by atoms with Crippen molar-refractivity contribution in [3.63, 3.8) is 0 Å². The second-order valence-electron chi connectivity index (χ2n) is 5.99. The van der Waals surface area contributed by atoms with Gasteiger partial charge in [-0.3, -0.25) is 15.0 Å². The smallest absolute Gasteiger partial charge is 0.292 e. The van der Waals surface area contributed by atoms with Crippen LogP contribution >= 0.6 is 0 Å². The molecule has 0 spiro atoms. The molecular weight excluding hydrogens is 270 g/mol. The molecule has 1 fully saturated rings. The van der Waals surface area contributed by atoms with Crippen molar-refractivity contribution in [3.8, 4) is 0 Å². The lowest BCUT2D eigenvalue weighted by atomic mass is 10.1. The monoisotopic (exact) mass is 293 g/mol. The number of rotatable bonds is 6. The van der Waals surface area contributed by atoms with Gasteiger partial charge in [0.2, 0.25) is 0 Å². The van der Waals surface area contributed by atoms with Gasteiger partial charge in [0.15, 0.2) is 0 Å². The lowest BCUT2D eigenvalue weighted by Crippen LogP contribution is -2.29. The molecule has 21 heavy (non-hydrogen) atoms. The normalized spacial score (nSPS) is 22.4. The summed E-state index contributed by atoms with van der Waals surface area (Å²) in [5.41, 5.74) is 0.946. The lowest BCUT2D eigenvalue weighted by Gasteiger charge is -2.19. The van der Waals surface area contributed by atoms with Crippen molar-refractivity contribution in [2.45, 2.75) is 38.8 Å². The van der Waals surface area contributed by atoms with Crippen LogP contribution in [-0.2, 0) is 6.54 Å². The quantitative estimate of drug-likeness (QED) is 0.622. The van der Waals surface area contributed by atoms with E-state index >= 15 is 0 Å². The van der Waals surface area contributed by atoms with Gasteiger partial charge in [0.05, 0.1) is 10.5 Å². The molecule has 2 rings (SSSR count). The molecule has 1 unspecified atom stereocenters. The van der Waals surface area contributed by atoms with Gasteiger partial charge in [-0.25, -0.2) is 0 Å². The van der Waals surface area contributed by atoms with Crippen molar-refractivity contribution in [2.75, 3.05) is 25.0 Å². The fraction of sp³-hybridized carbons (Fsp3) is 0.600. The highest BCUT2D eigenvalue weighted by atomic mass is 16.6. The number of nitro benzene ring substituents is 1. The summed E-state index contributed by atoms with van der Waals surface area (Å²) in [5, 5.41) is 24.2. The number of hydrogen-bond donors (Lipinski definition) is 2. The van der Waals surface area contributed by atoms with Crippen molar-refractivity contribution in [1.82, 2.24) is 4.90 Å². The minimum atomic E-state index is -0.644. The van der Waals surface area contributed by atoms with Crippen molar-refractivity contribution in [2.24, 2.45) is 0 Å². The Bertz CT molecular complexity index is 517. The molecule has 1 atom stereocenters. The van der Waals surface area contributed by atoms with Gasteiger partial charge in [-0.1, -0.05) is 13.0 Å². The molecule has 0 saturated carbocycles. The highest BCUT2D eigenvalue weighted by Crippen LogP contribution is 2.28. The van der Waals surface area contributed by atoms with E-state index in [2.05, 4.69) is 10.2 Å². The first-order chi connectivity index (χ1) is 9.91. The summed E-state index contributed by atoms with van der Waals surface area (Å²) < 4.78 is 0. The van der Waals surface area contributed by atoms with Crippen LogP contribution in [0.4, 0.5) is 11.4 Å². The fourth-order valence-electron chi connectivity index (χ4n) is 2.67. The molecule has 1 aliphatic heterocycles. The summed E-state index contributed by atoms with van der Waals surface area (Å²) in [5.74, 6) is 0. The third-order valence-electron chi connectivity index (χ3n) is 3.76. The zero-order valence-electron chi connectivity index (χ0n) is 12.6. The van der Waals surface area contributed by atoms with E-state index in [-0.39, 0.29) is 10.6 Å². The van der Waals surface area contributed by atoms with E-state index in [0.717, 1.165) is 31.5 Å². The number of nitro groups is 1. The van der Waals surface area contributed by atoms with E-state index in [1.54, 1.807) is 12.1 Å². The molecular formula is C15H23N3O3. The SMILES string of the molecule is CCCNc1ccc(CN2CCC(C)(O)C2)cc1[N+](=O)[O-]. The molecule has 6 heteroatoms. The molecule has 116 valence electrons. The van der Waals surface area contributed by atoms with E-state index in [1.807, 2.05) is 19.9 Å². The maximum atomic E-state index is 11.2. The van der Waals surface area contributed by atoms with Crippen LogP contribution in [-0.4, -0.2) is 40.2 Å². The number of nitrogens with one attached hydrogen (secondary N) is 1. The Morgan fingerprint density at radius 2 is 2.29 bits per heavy atom. The number of likely N-dealkylation sites (tertiary alicyclic amines) is 1. The Kier molecular flexibility index (Phi) is 4.80. The number of anilines is 1. The minimum absolute atomic E-state index is 0.118. The molecule has 1 aromatic carbocycles. The zero-order chi connectivity index (χ0) is 15.5. The summed E-state index contributed by atoms with van der Waals surface area (Å²) in [4.78, 5) is 13.0. The van der Waals surface area contributed by atoms with Crippen LogP contribution in [0.5, 0.6) is 0 Å². The second-order valence-corrected chi connectivity index (χ2v) is 5.99. The summed E-state index contributed by atoms with van der Waals surface area (Å²) in [7, 11) is 0. The van der Waals surface area contributed by atoms with Crippen LogP contribution in [0.3, 0.4) is 0 Å². The summed E-state index contributed by atoms with van der Waals surface area (Å²) in [6.45, 7) is 6.62. The fourth-order valence-corrected chi connectivity index (χ4v) is 2.67. The highest BCUT2D eigenvalue weighted by Gasteiger charge is 2.31. The van der Waals surface area contributed by atoms with E-state index in [4.69, 9.17) is 0 Å². The average Bonchev–Trinajstić information content (AvgIpc) is 2.76. The number of β-amino-alcohol motifs (C(OH)–C–C–N with tert-alkyl or cyclic N) is 1. The Hall–Kier alpha value is -1.66. The second kappa shape index (κ2) is 6.41. The van der Waals surface area contributed by atoms with Gasteiger partial charge in [0.25, 0.3) is 5.69 Å². The van der Waals surface area contributed by atoms with Gasteiger partial charge < -0.3 is 10.4 Å². The zero-order valence-corrected chi connectivity index (χ0v) is 12.6.